The summed E-state index contributed by atoms with van der Waals surface area (Å²) in [6.07, 6.45) is 0. The molecule has 0 spiro atoms. The Morgan fingerprint density at radius 1 is 1.30 bits per heavy atom. The van der Waals surface area contributed by atoms with Crippen LogP contribution in [0.5, 0.6) is 11.5 Å². The topological polar surface area (TPSA) is 58.6 Å². The van der Waals surface area contributed by atoms with Crippen molar-refractivity contribution in [2.75, 3.05) is 12.4 Å². The molecule has 0 aliphatic carbocycles. The van der Waals surface area contributed by atoms with E-state index in [0.29, 0.717) is 26.5 Å². The van der Waals surface area contributed by atoms with Gasteiger partial charge in [0, 0.05) is 10.6 Å². The van der Waals surface area contributed by atoms with Gasteiger partial charge in [-0.1, -0.05) is 11.6 Å². The lowest BCUT2D eigenvalue weighted by Gasteiger charge is -2.11. The van der Waals surface area contributed by atoms with Crippen molar-refractivity contribution in [3.63, 3.8) is 0 Å². The Balaban J connectivity index is 2.27. The van der Waals surface area contributed by atoms with Crippen molar-refractivity contribution >= 4 is 39.1 Å². The number of anilines is 1. The van der Waals surface area contributed by atoms with Gasteiger partial charge in [0.25, 0.3) is 5.91 Å². The molecule has 0 heterocycles. The molecule has 0 atom stereocenters. The second kappa shape index (κ2) is 6.15. The molecule has 2 rings (SSSR count). The summed E-state index contributed by atoms with van der Waals surface area (Å²) >= 11 is 9.05. The van der Waals surface area contributed by atoms with Crippen molar-refractivity contribution in [3.8, 4) is 11.5 Å². The first-order valence-electron chi connectivity index (χ1n) is 5.64. The van der Waals surface area contributed by atoms with Gasteiger partial charge in [0.15, 0.2) is 0 Å². The van der Waals surface area contributed by atoms with Gasteiger partial charge < -0.3 is 15.2 Å². The number of amides is 1. The Bertz CT molecular complexity index is 661. The summed E-state index contributed by atoms with van der Waals surface area (Å²) in [5.74, 6) is 0.133. The molecule has 0 saturated carbocycles. The van der Waals surface area contributed by atoms with Crippen LogP contribution in [0.4, 0.5) is 5.69 Å². The lowest BCUT2D eigenvalue weighted by Crippen LogP contribution is -2.12. The van der Waals surface area contributed by atoms with Crippen LogP contribution in [0.1, 0.15) is 10.4 Å². The number of hydrogen-bond acceptors (Lipinski definition) is 3. The second-order valence-corrected chi connectivity index (χ2v) is 5.26. The summed E-state index contributed by atoms with van der Waals surface area (Å²) in [5, 5.41) is 12.8. The maximum Gasteiger partial charge on any atom is 0.255 e. The number of ether oxygens (including phenoxy) is 1. The van der Waals surface area contributed by atoms with Crippen molar-refractivity contribution in [1.29, 1.82) is 0 Å². The molecule has 1 amide bonds. The molecule has 0 radical (unpaired) electrons. The van der Waals surface area contributed by atoms with Gasteiger partial charge in [-0.25, -0.2) is 0 Å². The zero-order valence-corrected chi connectivity index (χ0v) is 12.8. The molecule has 0 aromatic heterocycles. The van der Waals surface area contributed by atoms with E-state index in [1.165, 1.54) is 13.2 Å². The van der Waals surface area contributed by atoms with Crippen LogP contribution in [0.25, 0.3) is 0 Å². The number of carbonyl (C=O) groups is 1. The predicted octanol–water partition coefficient (Wildman–Crippen LogP) is 4.07. The number of benzene rings is 2. The predicted molar refractivity (Wildman–Crippen MR) is 81.8 cm³/mol. The van der Waals surface area contributed by atoms with Gasteiger partial charge in [-0.05, 0) is 52.3 Å². The van der Waals surface area contributed by atoms with Crippen molar-refractivity contribution in [3.05, 3.63) is 51.5 Å². The summed E-state index contributed by atoms with van der Waals surface area (Å²) in [5.41, 5.74) is 0.792. The molecule has 104 valence electrons. The fraction of sp³-hybridized carbons (Fsp3) is 0.0714. The number of hydrogen-bond donors (Lipinski definition) is 2. The van der Waals surface area contributed by atoms with Gasteiger partial charge >= 0.3 is 0 Å². The zero-order valence-electron chi connectivity index (χ0n) is 10.5. The van der Waals surface area contributed by atoms with Crippen molar-refractivity contribution in [1.82, 2.24) is 0 Å². The van der Waals surface area contributed by atoms with Crippen molar-refractivity contribution in [2.24, 2.45) is 0 Å². The van der Waals surface area contributed by atoms with E-state index in [2.05, 4.69) is 21.2 Å². The van der Waals surface area contributed by atoms with E-state index >= 15 is 0 Å². The van der Waals surface area contributed by atoms with E-state index in [0.717, 1.165) is 0 Å². The fourth-order valence-corrected chi connectivity index (χ4v) is 2.05. The second-order valence-electron chi connectivity index (χ2n) is 3.96. The molecule has 6 heteroatoms. The monoisotopic (exact) mass is 355 g/mol. The number of halogens is 2. The largest absolute Gasteiger partial charge is 0.507 e. The van der Waals surface area contributed by atoms with E-state index in [9.17, 15) is 9.90 Å². The molecule has 0 saturated heterocycles. The Morgan fingerprint density at radius 2 is 2.05 bits per heavy atom. The highest BCUT2D eigenvalue weighted by atomic mass is 79.9. The minimum absolute atomic E-state index is 0.00397. The standard InChI is InChI=1S/C14H11BrClNO3/c1-20-13-5-3-9(16)7-11(13)17-14(19)8-2-4-10(15)12(18)6-8/h2-7,18H,1H3,(H,17,19). The number of rotatable bonds is 3. The third kappa shape index (κ3) is 3.23. The Hall–Kier alpha value is -1.72. The normalized spacial score (nSPS) is 10.2. The SMILES string of the molecule is COc1ccc(Cl)cc1NC(=O)c1ccc(Br)c(O)c1. The van der Waals surface area contributed by atoms with Gasteiger partial charge in [0.2, 0.25) is 0 Å². The van der Waals surface area contributed by atoms with Crippen LogP contribution in [-0.2, 0) is 0 Å². The van der Waals surface area contributed by atoms with E-state index in [1.54, 1.807) is 30.3 Å². The first-order chi connectivity index (χ1) is 9.51. The molecule has 2 aromatic carbocycles. The van der Waals surface area contributed by atoms with Crippen LogP contribution in [-0.4, -0.2) is 18.1 Å². The summed E-state index contributed by atoms with van der Waals surface area (Å²) in [6.45, 7) is 0. The Kier molecular flexibility index (Phi) is 4.52. The van der Waals surface area contributed by atoms with Gasteiger partial charge in [0.05, 0.1) is 17.3 Å². The summed E-state index contributed by atoms with van der Waals surface area (Å²) in [7, 11) is 1.50. The number of phenols is 1. The maximum atomic E-state index is 12.1. The van der Waals surface area contributed by atoms with E-state index in [4.69, 9.17) is 16.3 Å². The summed E-state index contributed by atoms with van der Waals surface area (Å²) < 4.78 is 5.67. The van der Waals surface area contributed by atoms with E-state index in [1.807, 2.05) is 0 Å². The molecule has 0 bridgehead atoms. The van der Waals surface area contributed by atoms with Gasteiger partial charge in [-0.3, -0.25) is 4.79 Å². The fourth-order valence-electron chi connectivity index (χ4n) is 1.63. The van der Waals surface area contributed by atoms with E-state index in [-0.39, 0.29) is 11.7 Å². The molecule has 20 heavy (non-hydrogen) atoms. The molecular weight excluding hydrogens is 346 g/mol. The van der Waals surface area contributed by atoms with Crippen LogP contribution in [0, 0.1) is 0 Å². The van der Waals surface area contributed by atoms with Gasteiger partial charge in [-0.15, -0.1) is 0 Å². The van der Waals surface area contributed by atoms with Crippen LogP contribution in [0.3, 0.4) is 0 Å². The highest BCUT2D eigenvalue weighted by Crippen LogP contribution is 2.29. The first kappa shape index (κ1) is 14.7. The van der Waals surface area contributed by atoms with E-state index < -0.39 is 0 Å². The lowest BCUT2D eigenvalue weighted by molar-refractivity contribution is 0.102. The highest BCUT2D eigenvalue weighted by Gasteiger charge is 2.11. The van der Waals surface area contributed by atoms with Crippen LogP contribution >= 0.6 is 27.5 Å². The average molecular weight is 357 g/mol. The molecule has 2 N–H and O–H groups in total. The molecule has 0 aliphatic heterocycles. The Morgan fingerprint density at radius 3 is 2.70 bits per heavy atom. The highest BCUT2D eigenvalue weighted by molar-refractivity contribution is 9.10. The van der Waals surface area contributed by atoms with Gasteiger partial charge in [-0.2, -0.15) is 0 Å². The Labute approximate surface area is 129 Å². The number of methoxy groups -OCH3 is 1. The van der Waals surface area contributed by atoms with Crippen molar-refractivity contribution < 1.29 is 14.6 Å². The molecular formula is C14H11BrClNO3. The third-order valence-electron chi connectivity index (χ3n) is 2.62. The molecule has 0 fully saturated rings. The molecule has 4 nitrogen and oxygen atoms in total. The van der Waals surface area contributed by atoms with Gasteiger partial charge in [0.1, 0.15) is 11.5 Å². The summed E-state index contributed by atoms with van der Waals surface area (Å²) in [6, 6.07) is 9.49. The molecule has 0 unspecified atom stereocenters. The quantitative estimate of drug-likeness (QED) is 0.871. The summed E-state index contributed by atoms with van der Waals surface area (Å²) in [4.78, 5) is 12.1. The smallest absolute Gasteiger partial charge is 0.255 e. The van der Waals surface area contributed by atoms with Crippen LogP contribution in [0.15, 0.2) is 40.9 Å². The lowest BCUT2D eigenvalue weighted by atomic mass is 10.2. The third-order valence-corrected chi connectivity index (χ3v) is 3.52. The number of nitrogens with one attached hydrogen (secondary N) is 1. The zero-order chi connectivity index (χ0) is 14.7. The average Bonchev–Trinajstić information content (AvgIpc) is 2.42. The number of carbonyl (C=O) groups excluding carboxylic acids is 1. The minimum atomic E-state index is -0.367. The molecule has 0 aliphatic rings. The minimum Gasteiger partial charge on any atom is -0.507 e. The first-order valence-corrected chi connectivity index (χ1v) is 6.82. The number of aromatic hydroxyl groups is 1. The molecule has 2 aromatic rings. The van der Waals surface area contributed by atoms with Crippen LogP contribution < -0.4 is 10.1 Å². The van der Waals surface area contributed by atoms with Crippen molar-refractivity contribution in [2.45, 2.75) is 0 Å². The van der Waals surface area contributed by atoms with Crippen LogP contribution in [0.2, 0.25) is 5.02 Å². The number of phenolic OH excluding ortho intramolecular Hbond substituents is 1. The maximum absolute atomic E-state index is 12.1.